The number of esters is 1. The Kier molecular flexibility index (Phi) is 5.29. The van der Waals surface area contributed by atoms with Crippen LogP contribution in [0.1, 0.15) is 35.5 Å². The minimum absolute atomic E-state index is 0.282. The normalized spacial score (nSPS) is 10.6. The van der Waals surface area contributed by atoms with Crippen molar-refractivity contribution in [2.75, 3.05) is 6.61 Å². The first-order valence-electron chi connectivity index (χ1n) is 8.58. The molecule has 25 heavy (non-hydrogen) atoms. The Morgan fingerprint density at radius 1 is 1.08 bits per heavy atom. The van der Waals surface area contributed by atoms with Crippen molar-refractivity contribution in [2.45, 2.75) is 26.8 Å². The van der Waals surface area contributed by atoms with Crippen molar-refractivity contribution in [2.24, 2.45) is 0 Å². The van der Waals surface area contributed by atoms with E-state index in [0.29, 0.717) is 12.2 Å². The molecule has 3 rings (SSSR count). The molecule has 0 unspecified atom stereocenters. The van der Waals surface area contributed by atoms with Gasteiger partial charge < -0.3 is 9.30 Å². The molecular formula is C21H22N2O2. The highest BCUT2D eigenvalue weighted by molar-refractivity contribution is 5.98. The van der Waals surface area contributed by atoms with Gasteiger partial charge in [0.1, 0.15) is 0 Å². The summed E-state index contributed by atoms with van der Waals surface area (Å²) in [6.45, 7) is 5.02. The number of aromatic nitrogens is 2. The van der Waals surface area contributed by atoms with E-state index in [-0.39, 0.29) is 5.97 Å². The Labute approximate surface area is 148 Å². The zero-order chi connectivity index (χ0) is 17.6. The molecule has 0 aliphatic carbocycles. The molecule has 0 radical (unpaired) electrons. The zero-order valence-electron chi connectivity index (χ0n) is 14.6. The summed E-state index contributed by atoms with van der Waals surface area (Å²) in [4.78, 5) is 16.6. The van der Waals surface area contributed by atoms with Crippen LogP contribution in [0.2, 0.25) is 0 Å². The topological polar surface area (TPSA) is 44.1 Å². The number of rotatable bonds is 6. The number of carbonyl (C=O) groups excluding carboxylic acids is 1. The van der Waals surface area contributed by atoms with E-state index in [2.05, 4.69) is 28.6 Å². The lowest BCUT2D eigenvalue weighted by atomic mass is 10.0. The molecule has 2 heterocycles. The average Bonchev–Trinajstić information content (AvgIpc) is 3.02. The summed E-state index contributed by atoms with van der Waals surface area (Å²) in [5.41, 5.74) is 4.86. The van der Waals surface area contributed by atoms with Gasteiger partial charge in [-0.3, -0.25) is 4.98 Å². The summed E-state index contributed by atoms with van der Waals surface area (Å²) in [6, 6.07) is 14.1. The molecule has 0 spiro atoms. The SMILES string of the molecule is CCOC(=O)c1cn(Cc2ccccc2)c(CC)c1-c1ccncc1. The average molecular weight is 334 g/mol. The Morgan fingerprint density at radius 2 is 1.80 bits per heavy atom. The molecule has 0 amide bonds. The number of hydrogen-bond acceptors (Lipinski definition) is 3. The molecule has 0 fully saturated rings. The van der Waals surface area contributed by atoms with Crippen LogP contribution in [0.25, 0.3) is 11.1 Å². The third-order valence-electron chi connectivity index (χ3n) is 4.18. The van der Waals surface area contributed by atoms with Crippen molar-refractivity contribution >= 4 is 5.97 Å². The fourth-order valence-corrected chi connectivity index (χ4v) is 3.10. The molecule has 0 aliphatic heterocycles. The molecule has 3 aromatic rings. The van der Waals surface area contributed by atoms with Crippen LogP contribution in [-0.2, 0) is 17.7 Å². The lowest BCUT2D eigenvalue weighted by Crippen LogP contribution is -2.05. The summed E-state index contributed by atoms with van der Waals surface area (Å²) >= 11 is 0. The monoisotopic (exact) mass is 334 g/mol. The standard InChI is InChI=1S/C21H22N2O2/c1-3-19-20(17-10-12-22-13-11-17)18(21(24)25-4-2)15-23(19)14-16-8-6-5-7-9-16/h5-13,15H,3-4,14H2,1-2H3. The lowest BCUT2D eigenvalue weighted by molar-refractivity contribution is 0.0527. The van der Waals surface area contributed by atoms with Crippen LogP contribution < -0.4 is 0 Å². The molecule has 0 aliphatic rings. The van der Waals surface area contributed by atoms with Gasteiger partial charge >= 0.3 is 5.97 Å². The van der Waals surface area contributed by atoms with Crippen molar-refractivity contribution in [3.63, 3.8) is 0 Å². The van der Waals surface area contributed by atoms with Crippen LogP contribution in [0.15, 0.2) is 61.1 Å². The van der Waals surface area contributed by atoms with Crippen molar-refractivity contribution in [1.29, 1.82) is 0 Å². The smallest absolute Gasteiger partial charge is 0.340 e. The highest BCUT2D eigenvalue weighted by Gasteiger charge is 2.22. The third-order valence-corrected chi connectivity index (χ3v) is 4.18. The van der Waals surface area contributed by atoms with E-state index in [9.17, 15) is 4.79 Å². The maximum Gasteiger partial charge on any atom is 0.340 e. The van der Waals surface area contributed by atoms with Crippen molar-refractivity contribution in [3.05, 3.63) is 77.9 Å². The summed E-state index contributed by atoms with van der Waals surface area (Å²) in [7, 11) is 0. The van der Waals surface area contributed by atoms with Gasteiger partial charge in [-0.05, 0) is 36.6 Å². The second-order valence-electron chi connectivity index (χ2n) is 5.79. The minimum atomic E-state index is -0.282. The van der Waals surface area contributed by atoms with E-state index in [4.69, 9.17) is 4.74 Å². The molecule has 2 aromatic heterocycles. The maximum atomic E-state index is 12.5. The molecule has 128 valence electrons. The Hall–Kier alpha value is -2.88. The molecular weight excluding hydrogens is 312 g/mol. The van der Waals surface area contributed by atoms with Gasteiger partial charge in [0.2, 0.25) is 0 Å². The predicted molar refractivity (Wildman–Crippen MR) is 98.5 cm³/mol. The Balaban J connectivity index is 2.12. The number of benzene rings is 1. The number of hydrogen-bond donors (Lipinski definition) is 0. The summed E-state index contributed by atoms with van der Waals surface area (Å²) in [6.07, 6.45) is 6.24. The second kappa shape index (κ2) is 7.79. The molecule has 1 aromatic carbocycles. The first-order valence-corrected chi connectivity index (χ1v) is 8.58. The predicted octanol–water partition coefficient (Wildman–Crippen LogP) is 4.34. The van der Waals surface area contributed by atoms with Gasteiger partial charge in [0.05, 0.1) is 12.2 Å². The Bertz CT molecular complexity index is 839. The zero-order valence-corrected chi connectivity index (χ0v) is 14.6. The van der Waals surface area contributed by atoms with Crippen LogP contribution in [-0.4, -0.2) is 22.1 Å². The second-order valence-corrected chi connectivity index (χ2v) is 5.79. The van der Waals surface area contributed by atoms with Crippen molar-refractivity contribution in [1.82, 2.24) is 9.55 Å². The summed E-state index contributed by atoms with van der Waals surface area (Å²) in [5, 5.41) is 0. The van der Waals surface area contributed by atoms with Crippen molar-refractivity contribution in [3.8, 4) is 11.1 Å². The number of carbonyl (C=O) groups is 1. The number of pyridine rings is 1. The third kappa shape index (κ3) is 3.63. The first kappa shape index (κ1) is 17.0. The van der Waals surface area contributed by atoms with Gasteiger partial charge in [0.15, 0.2) is 0 Å². The molecule has 0 bridgehead atoms. The van der Waals surface area contributed by atoms with Gasteiger partial charge in [0, 0.05) is 36.4 Å². The van der Waals surface area contributed by atoms with E-state index in [1.54, 1.807) is 12.4 Å². The quantitative estimate of drug-likeness (QED) is 0.630. The molecule has 4 nitrogen and oxygen atoms in total. The summed E-state index contributed by atoms with van der Waals surface area (Å²) in [5.74, 6) is -0.282. The van der Waals surface area contributed by atoms with Gasteiger partial charge in [0.25, 0.3) is 0 Å². The van der Waals surface area contributed by atoms with Crippen LogP contribution in [0.5, 0.6) is 0 Å². The van der Waals surface area contributed by atoms with Gasteiger partial charge in [-0.2, -0.15) is 0 Å². The van der Waals surface area contributed by atoms with Crippen molar-refractivity contribution < 1.29 is 9.53 Å². The largest absolute Gasteiger partial charge is 0.462 e. The van der Waals surface area contributed by atoms with E-state index in [1.165, 1.54) is 5.56 Å². The fraction of sp³-hybridized carbons (Fsp3) is 0.238. The highest BCUT2D eigenvalue weighted by Crippen LogP contribution is 2.31. The highest BCUT2D eigenvalue weighted by atomic mass is 16.5. The molecule has 0 atom stereocenters. The lowest BCUT2D eigenvalue weighted by Gasteiger charge is -2.10. The Morgan fingerprint density at radius 3 is 2.44 bits per heavy atom. The number of nitrogens with zero attached hydrogens (tertiary/aromatic N) is 2. The molecule has 0 saturated carbocycles. The van der Waals surface area contributed by atoms with Crippen LogP contribution in [0, 0.1) is 0 Å². The van der Waals surface area contributed by atoms with Gasteiger partial charge in [-0.25, -0.2) is 4.79 Å². The molecule has 0 N–H and O–H groups in total. The first-order chi connectivity index (χ1) is 12.2. The fourth-order valence-electron chi connectivity index (χ4n) is 3.10. The molecule has 4 heteroatoms. The maximum absolute atomic E-state index is 12.5. The number of ether oxygens (including phenoxy) is 1. The molecule has 0 saturated heterocycles. The van der Waals surface area contributed by atoms with E-state index in [1.807, 2.05) is 43.5 Å². The van der Waals surface area contributed by atoms with E-state index < -0.39 is 0 Å². The van der Waals surface area contributed by atoms with Crippen LogP contribution in [0.3, 0.4) is 0 Å². The minimum Gasteiger partial charge on any atom is -0.462 e. The van der Waals surface area contributed by atoms with Gasteiger partial charge in [-0.1, -0.05) is 37.3 Å². The van der Waals surface area contributed by atoms with Gasteiger partial charge in [-0.15, -0.1) is 0 Å². The van der Waals surface area contributed by atoms with Crippen LogP contribution in [0.4, 0.5) is 0 Å². The van der Waals surface area contributed by atoms with Crippen LogP contribution >= 0.6 is 0 Å². The van der Waals surface area contributed by atoms with E-state index in [0.717, 1.165) is 29.8 Å². The summed E-state index contributed by atoms with van der Waals surface area (Å²) < 4.78 is 7.44. The van der Waals surface area contributed by atoms with E-state index >= 15 is 0 Å².